The zero-order chi connectivity index (χ0) is 20.5. The van der Waals surface area contributed by atoms with E-state index in [-0.39, 0.29) is 0 Å². The van der Waals surface area contributed by atoms with E-state index >= 15 is 0 Å². The number of pyridine rings is 1. The molecule has 5 rings (SSSR count). The van der Waals surface area contributed by atoms with E-state index in [1.54, 1.807) is 24.4 Å². The number of benzene rings is 1. The van der Waals surface area contributed by atoms with E-state index < -0.39 is 0 Å². The highest BCUT2D eigenvalue weighted by atomic mass is 35.5. The summed E-state index contributed by atoms with van der Waals surface area (Å²) in [5.74, 6) is 2.66. The third kappa shape index (κ3) is 3.65. The van der Waals surface area contributed by atoms with Crippen molar-refractivity contribution in [2.75, 3.05) is 36.5 Å². The third-order valence-corrected chi connectivity index (χ3v) is 5.47. The Morgan fingerprint density at radius 2 is 1.83 bits per heavy atom. The SMILES string of the molecule is Clc1cccc(Cl)c1-c1nc2ccnc(Nc3cc(N4CCOCC4)ncn3)c2[nH]1. The van der Waals surface area contributed by atoms with Crippen LogP contribution in [-0.4, -0.2) is 51.2 Å². The number of halogens is 2. The van der Waals surface area contributed by atoms with Crippen LogP contribution in [0.5, 0.6) is 0 Å². The van der Waals surface area contributed by atoms with Crippen molar-refractivity contribution in [1.82, 2.24) is 24.9 Å². The lowest BCUT2D eigenvalue weighted by atomic mass is 10.2. The number of fused-ring (bicyclic) bond motifs is 1. The molecular formula is C20H17Cl2N7O. The summed E-state index contributed by atoms with van der Waals surface area (Å²) >= 11 is 12.7. The molecule has 1 saturated heterocycles. The van der Waals surface area contributed by atoms with Gasteiger partial charge in [-0.05, 0) is 18.2 Å². The van der Waals surface area contributed by atoms with Crippen molar-refractivity contribution in [3.05, 3.63) is 52.9 Å². The Labute approximate surface area is 182 Å². The maximum atomic E-state index is 6.35. The Bertz CT molecular complexity index is 1190. The predicted octanol–water partition coefficient (Wildman–Crippen LogP) is 4.30. The maximum absolute atomic E-state index is 6.35. The molecule has 8 nitrogen and oxygen atoms in total. The summed E-state index contributed by atoms with van der Waals surface area (Å²) in [4.78, 5) is 23.3. The number of ether oxygens (including phenoxy) is 1. The first-order chi connectivity index (χ1) is 14.7. The number of imidazole rings is 1. The molecule has 0 radical (unpaired) electrons. The van der Waals surface area contributed by atoms with Gasteiger partial charge in [0.15, 0.2) is 5.82 Å². The molecule has 2 N–H and O–H groups in total. The average molecular weight is 442 g/mol. The number of H-pyrrole nitrogens is 1. The predicted molar refractivity (Wildman–Crippen MR) is 118 cm³/mol. The van der Waals surface area contributed by atoms with Gasteiger partial charge in [0.1, 0.15) is 29.3 Å². The van der Waals surface area contributed by atoms with Crippen LogP contribution >= 0.6 is 23.2 Å². The number of aromatic nitrogens is 5. The van der Waals surface area contributed by atoms with E-state index in [1.165, 1.54) is 6.33 Å². The van der Waals surface area contributed by atoms with Gasteiger partial charge < -0.3 is 19.9 Å². The highest BCUT2D eigenvalue weighted by Crippen LogP contribution is 2.35. The first-order valence-electron chi connectivity index (χ1n) is 9.40. The molecule has 1 fully saturated rings. The molecule has 0 amide bonds. The van der Waals surface area contributed by atoms with Gasteiger partial charge in [-0.1, -0.05) is 29.3 Å². The van der Waals surface area contributed by atoms with Gasteiger partial charge in [-0.15, -0.1) is 0 Å². The Hall–Kier alpha value is -2.94. The summed E-state index contributed by atoms with van der Waals surface area (Å²) in [5, 5.41) is 4.31. The molecule has 1 aromatic carbocycles. The number of nitrogens with zero attached hydrogens (tertiary/aromatic N) is 5. The van der Waals surface area contributed by atoms with Crippen LogP contribution in [0.4, 0.5) is 17.5 Å². The molecule has 4 aromatic rings. The van der Waals surface area contributed by atoms with E-state index in [0.29, 0.717) is 46.3 Å². The van der Waals surface area contributed by atoms with Crippen LogP contribution in [0, 0.1) is 0 Å². The van der Waals surface area contributed by atoms with Crippen LogP contribution in [0.3, 0.4) is 0 Å². The van der Waals surface area contributed by atoms with Gasteiger partial charge in [-0.25, -0.2) is 19.9 Å². The monoisotopic (exact) mass is 441 g/mol. The molecule has 0 saturated carbocycles. The zero-order valence-corrected chi connectivity index (χ0v) is 17.3. The van der Waals surface area contributed by atoms with Gasteiger partial charge in [0.25, 0.3) is 0 Å². The van der Waals surface area contributed by atoms with Gasteiger partial charge in [-0.3, -0.25) is 0 Å². The molecule has 0 spiro atoms. The number of rotatable bonds is 4. The molecule has 152 valence electrons. The average Bonchev–Trinajstić information content (AvgIpc) is 3.19. The highest BCUT2D eigenvalue weighted by molar-refractivity contribution is 6.39. The molecule has 0 atom stereocenters. The van der Waals surface area contributed by atoms with E-state index in [1.807, 2.05) is 12.1 Å². The minimum Gasteiger partial charge on any atom is -0.378 e. The molecular weight excluding hydrogens is 425 g/mol. The number of morpholine rings is 1. The first-order valence-corrected chi connectivity index (χ1v) is 10.2. The molecule has 4 heterocycles. The van der Waals surface area contributed by atoms with Crippen LogP contribution in [-0.2, 0) is 4.74 Å². The molecule has 0 bridgehead atoms. The number of hydrogen-bond acceptors (Lipinski definition) is 7. The van der Waals surface area contributed by atoms with Gasteiger partial charge in [0, 0.05) is 25.4 Å². The van der Waals surface area contributed by atoms with E-state index in [2.05, 4.69) is 35.1 Å². The fraction of sp³-hybridized carbons (Fsp3) is 0.200. The van der Waals surface area contributed by atoms with Crippen molar-refractivity contribution in [2.45, 2.75) is 0 Å². The second-order valence-electron chi connectivity index (χ2n) is 6.72. The van der Waals surface area contributed by atoms with Crippen molar-refractivity contribution >= 4 is 51.7 Å². The van der Waals surface area contributed by atoms with Crippen LogP contribution < -0.4 is 10.2 Å². The quantitative estimate of drug-likeness (QED) is 0.487. The van der Waals surface area contributed by atoms with Crippen molar-refractivity contribution in [3.63, 3.8) is 0 Å². The van der Waals surface area contributed by atoms with Crippen molar-refractivity contribution in [1.29, 1.82) is 0 Å². The summed E-state index contributed by atoms with van der Waals surface area (Å²) in [7, 11) is 0. The fourth-order valence-electron chi connectivity index (χ4n) is 3.37. The van der Waals surface area contributed by atoms with Gasteiger partial charge >= 0.3 is 0 Å². The van der Waals surface area contributed by atoms with E-state index in [9.17, 15) is 0 Å². The Morgan fingerprint density at radius 1 is 1.03 bits per heavy atom. The van der Waals surface area contributed by atoms with Crippen molar-refractivity contribution < 1.29 is 4.74 Å². The second kappa shape index (κ2) is 8.06. The van der Waals surface area contributed by atoms with Crippen LogP contribution in [0.15, 0.2) is 42.9 Å². The fourth-order valence-corrected chi connectivity index (χ4v) is 3.95. The van der Waals surface area contributed by atoms with Crippen LogP contribution in [0.1, 0.15) is 0 Å². The topological polar surface area (TPSA) is 91.8 Å². The standard InChI is InChI=1S/C20H17Cl2N7O/c21-12-2-1-3-13(22)17(12)19-26-14-4-5-23-20(18(14)28-19)27-15-10-16(25-11-24-15)29-6-8-30-9-7-29/h1-5,10-11H,6-9H2,(H,26,28)(H,23,24,25,27). The summed E-state index contributed by atoms with van der Waals surface area (Å²) in [5.41, 5.74) is 2.12. The molecule has 10 heteroatoms. The number of hydrogen-bond donors (Lipinski definition) is 2. The molecule has 1 aliphatic rings. The van der Waals surface area contributed by atoms with E-state index in [0.717, 1.165) is 29.9 Å². The van der Waals surface area contributed by atoms with Crippen LogP contribution in [0.2, 0.25) is 10.0 Å². The Morgan fingerprint density at radius 3 is 2.63 bits per heavy atom. The highest BCUT2D eigenvalue weighted by Gasteiger charge is 2.16. The number of nitrogens with one attached hydrogen (secondary N) is 2. The summed E-state index contributed by atoms with van der Waals surface area (Å²) in [6.07, 6.45) is 3.22. The largest absolute Gasteiger partial charge is 0.378 e. The smallest absolute Gasteiger partial charge is 0.157 e. The molecule has 3 aromatic heterocycles. The zero-order valence-electron chi connectivity index (χ0n) is 15.8. The Balaban J connectivity index is 1.49. The van der Waals surface area contributed by atoms with Gasteiger partial charge in [0.05, 0.1) is 34.3 Å². The lowest BCUT2D eigenvalue weighted by Crippen LogP contribution is -2.36. The molecule has 0 aliphatic carbocycles. The summed E-state index contributed by atoms with van der Waals surface area (Å²) < 4.78 is 5.41. The molecule has 30 heavy (non-hydrogen) atoms. The molecule has 1 aliphatic heterocycles. The second-order valence-corrected chi connectivity index (χ2v) is 7.54. The molecule has 0 unspecified atom stereocenters. The minimum absolute atomic E-state index is 0.523. The first kappa shape index (κ1) is 19.0. The third-order valence-electron chi connectivity index (χ3n) is 4.84. The van der Waals surface area contributed by atoms with Crippen molar-refractivity contribution in [2.24, 2.45) is 0 Å². The maximum Gasteiger partial charge on any atom is 0.157 e. The number of aromatic amines is 1. The van der Waals surface area contributed by atoms with E-state index in [4.69, 9.17) is 27.9 Å². The summed E-state index contributed by atoms with van der Waals surface area (Å²) in [6.45, 7) is 2.98. The Kier molecular flexibility index (Phi) is 5.12. The number of anilines is 3. The normalized spacial score (nSPS) is 14.3. The minimum atomic E-state index is 0.523. The van der Waals surface area contributed by atoms with Gasteiger partial charge in [0.2, 0.25) is 0 Å². The van der Waals surface area contributed by atoms with Crippen LogP contribution in [0.25, 0.3) is 22.4 Å². The van der Waals surface area contributed by atoms with Crippen molar-refractivity contribution in [3.8, 4) is 11.4 Å². The van der Waals surface area contributed by atoms with Gasteiger partial charge in [-0.2, -0.15) is 0 Å². The lowest BCUT2D eigenvalue weighted by molar-refractivity contribution is 0.122. The summed E-state index contributed by atoms with van der Waals surface area (Å²) in [6, 6.07) is 9.08. The lowest BCUT2D eigenvalue weighted by Gasteiger charge is -2.27.